The van der Waals surface area contributed by atoms with Crippen molar-refractivity contribution in [3.8, 4) is 17.0 Å². The standard InChI is InChI=1S/C26H25ClN4O4S/c1-15-7-8-18(12-22(15)27)28-26(32)21-13-23(17-5-4-6-20(11-17)35-3)29-25-24(21)16(2)30-31(25)19-9-10-36(33,34)14-19/h4-8,11-13,19H,9-10,14H2,1-3H3,(H,28,32). The summed E-state index contributed by atoms with van der Waals surface area (Å²) in [4.78, 5) is 18.4. The van der Waals surface area contributed by atoms with Gasteiger partial charge in [0.25, 0.3) is 5.91 Å². The van der Waals surface area contributed by atoms with E-state index in [1.54, 1.807) is 36.9 Å². The van der Waals surface area contributed by atoms with Crippen LogP contribution >= 0.6 is 11.6 Å². The molecule has 1 unspecified atom stereocenters. The minimum absolute atomic E-state index is 0.00230. The molecule has 0 bridgehead atoms. The van der Waals surface area contributed by atoms with Crippen LogP contribution in [0.3, 0.4) is 0 Å². The van der Waals surface area contributed by atoms with Crippen LogP contribution in [0.25, 0.3) is 22.3 Å². The number of halogens is 1. The molecule has 0 spiro atoms. The van der Waals surface area contributed by atoms with Crippen LogP contribution in [0.1, 0.15) is 34.1 Å². The number of ether oxygens (including phenoxy) is 1. The monoisotopic (exact) mass is 524 g/mol. The molecule has 186 valence electrons. The van der Waals surface area contributed by atoms with Gasteiger partial charge in [-0.1, -0.05) is 29.8 Å². The number of nitrogens with one attached hydrogen (secondary N) is 1. The highest BCUT2D eigenvalue weighted by Gasteiger charge is 2.32. The number of benzene rings is 2. The molecule has 0 radical (unpaired) electrons. The number of aromatic nitrogens is 3. The van der Waals surface area contributed by atoms with Gasteiger partial charge in [0, 0.05) is 16.3 Å². The van der Waals surface area contributed by atoms with Gasteiger partial charge in [-0.15, -0.1) is 0 Å². The molecule has 1 atom stereocenters. The molecule has 8 nitrogen and oxygen atoms in total. The number of hydrogen-bond donors (Lipinski definition) is 1. The Kier molecular flexibility index (Phi) is 6.22. The van der Waals surface area contributed by atoms with Crippen molar-refractivity contribution in [3.63, 3.8) is 0 Å². The summed E-state index contributed by atoms with van der Waals surface area (Å²) in [5, 5.41) is 8.71. The lowest BCUT2D eigenvalue weighted by molar-refractivity contribution is 0.102. The summed E-state index contributed by atoms with van der Waals surface area (Å²) in [6, 6.07) is 14.1. The quantitative estimate of drug-likeness (QED) is 0.394. The molecule has 1 aliphatic rings. The van der Waals surface area contributed by atoms with Crippen LogP contribution < -0.4 is 10.1 Å². The number of fused-ring (bicyclic) bond motifs is 1. The van der Waals surface area contributed by atoms with E-state index in [0.29, 0.717) is 50.9 Å². The highest BCUT2D eigenvalue weighted by Crippen LogP contribution is 2.33. The molecule has 2 aromatic heterocycles. The summed E-state index contributed by atoms with van der Waals surface area (Å²) < 4.78 is 31.4. The van der Waals surface area contributed by atoms with E-state index in [9.17, 15) is 13.2 Å². The summed E-state index contributed by atoms with van der Waals surface area (Å²) in [7, 11) is -1.56. The van der Waals surface area contributed by atoms with Gasteiger partial charge in [0.05, 0.1) is 47.0 Å². The Balaban J connectivity index is 1.68. The number of nitrogens with zero attached hydrogens (tertiary/aromatic N) is 3. The van der Waals surface area contributed by atoms with Crippen LogP contribution in [0.15, 0.2) is 48.5 Å². The molecule has 1 amide bonds. The Bertz CT molecular complexity index is 1610. The van der Waals surface area contributed by atoms with Gasteiger partial charge in [0.15, 0.2) is 15.5 Å². The number of carbonyl (C=O) groups is 1. The lowest BCUT2D eigenvalue weighted by atomic mass is 10.0. The van der Waals surface area contributed by atoms with Gasteiger partial charge in [-0.3, -0.25) is 4.79 Å². The van der Waals surface area contributed by atoms with E-state index >= 15 is 0 Å². The van der Waals surface area contributed by atoms with Gasteiger partial charge in [0.1, 0.15) is 5.75 Å². The van der Waals surface area contributed by atoms with Crippen molar-refractivity contribution in [2.45, 2.75) is 26.3 Å². The number of rotatable bonds is 5. The van der Waals surface area contributed by atoms with Crippen LogP contribution in [0.5, 0.6) is 5.75 Å². The summed E-state index contributed by atoms with van der Waals surface area (Å²) in [5.41, 5.74) is 4.25. The first kappa shape index (κ1) is 24.3. The highest BCUT2D eigenvalue weighted by atomic mass is 35.5. The van der Waals surface area contributed by atoms with E-state index in [0.717, 1.165) is 11.1 Å². The topological polar surface area (TPSA) is 103 Å². The Morgan fingerprint density at radius 3 is 2.67 bits per heavy atom. The molecule has 1 fully saturated rings. The third-order valence-electron chi connectivity index (χ3n) is 6.43. The third-order valence-corrected chi connectivity index (χ3v) is 8.59. The molecule has 5 rings (SSSR count). The van der Waals surface area contributed by atoms with Gasteiger partial charge < -0.3 is 10.1 Å². The maximum atomic E-state index is 13.6. The van der Waals surface area contributed by atoms with E-state index in [1.807, 2.05) is 37.3 Å². The zero-order chi connectivity index (χ0) is 25.6. The summed E-state index contributed by atoms with van der Waals surface area (Å²) >= 11 is 6.26. The minimum atomic E-state index is -3.15. The summed E-state index contributed by atoms with van der Waals surface area (Å²) in [6.07, 6.45) is 0.451. The van der Waals surface area contributed by atoms with Crippen LogP contribution in [0.4, 0.5) is 5.69 Å². The Hall–Kier alpha value is -3.43. The Morgan fingerprint density at radius 1 is 1.17 bits per heavy atom. The second kappa shape index (κ2) is 9.22. The van der Waals surface area contributed by atoms with Crippen LogP contribution in [-0.4, -0.2) is 47.7 Å². The van der Waals surface area contributed by atoms with Gasteiger partial charge in [-0.25, -0.2) is 18.1 Å². The van der Waals surface area contributed by atoms with Crippen molar-refractivity contribution in [1.29, 1.82) is 0 Å². The van der Waals surface area contributed by atoms with Gasteiger partial charge in [-0.2, -0.15) is 5.10 Å². The van der Waals surface area contributed by atoms with E-state index in [2.05, 4.69) is 10.4 Å². The maximum absolute atomic E-state index is 13.6. The first-order valence-electron chi connectivity index (χ1n) is 11.5. The zero-order valence-corrected chi connectivity index (χ0v) is 21.7. The van der Waals surface area contributed by atoms with Crippen LogP contribution in [-0.2, 0) is 9.84 Å². The largest absolute Gasteiger partial charge is 0.497 e. The Labute approximate surface area is 214 Å². The van der Waals surface area contributed by atoms with Gasteiger partial charge in [0.2, 0.25) is 0 Å². The molecule has 1 N–H and O–H groups in total. The third kappa shape index (κ3) is 4.56. The van der Waals surface area contributed by atoms with Crippen molar-refractivity contribution in [2.75, 3.05) is 23.9 Å². The summed E-state index contributed by atoms with van der Waals surface area (Å²) in [5.74, 6) is 0.418. The molecule has 10 heteroatoms. The van der Waals surface area contributed by atoms with E-state index < -0.39 is 9.84 Å². The molecule has 0 saturated carbocycles. The van der Waals surface area contributed by atoms with Gasteiger partial charge >= 0.3 is 0 Å². The second-order valence-electron chi connectivity index (χ2n) is 8.99. The number of pyridine rings is 1. The lowest BCUT2D eigenvalue weighted by Crippen LogP contribution is -2.15. The average molecular weight is 525 g/mol. The molecule has 1 saturated heterocycles. The number of methoxy groups -OCH3 is 1. The van der Waals surface area contributed by atoms with Crippen molar-refractivity contribution in [1.82, 2.24) is 14.8 Å². The Morgan fingerprint density at radius 2 is 1.97 bits per heavy atom. The fourth-order valence-electron chi connectivity index (χ4n) is 4.51. The first-order valence-corrected chi connectivity index (χ1v) is 13.7. The smallest absolute Gasteiger partial charge is 0.256 e. The van der Waals surface area contributed by atoms with Gasteiger partial charge in [-0.05, 0) is 56.2 Å². The number of amides is 1. The summed E-state index contributed by atoms with van der Waals surface area (Å²) in [6.45, 7) is 3.69. The molecule has 0 aliphatic carbocycles. The fourth-order valence-corrected chi connectivity index (χ4v) is 6.39. The van der Waals surface area contributed by atoms with Crippen molar-refractivity contribution < 1.29 is 17.9 Å². The molecule has 4 aromatic rings. The lowest BCUT2D eigenvalue weighted by Gasteiger charge is -2.13. The second-order valence-corrected chi connectivity index (χ2v) is 11.6. The number of carbonyl (C=O) groups excluding carboxylic acids is 1. The molecular weight excluding hydrogens is 500 g/mol. The van der Waals surface area contributed by atoms with Crippen molar-refractivity contribution in [2.24, 2.45) is 0 Å². The molecular formula is C26H25ClN4O4S. The van der Waals surface area contributed by atoms with Crippen LogP contribution in [0.2, 0.25) is 5.02 Å². The molecule has 2 aromatic carbocycles. The predicted octanol–water partition coefficient (Wildman–Crippen LogP) is 4.99. The number of anilines is 1. The molecule has 1 aliphatic heterocycles. The van der Waals surface area contributed by atoms with E-state index in [-0.39, 0.29) is 23.5 Å². The molecule has 36 heavy (non-hydrogen) atoms. The average Bonchev–Trinajstić information content (AvgIpc) is 3.39. The van der Waals surface area contributed by atoms with Crippen molar-refractivity contribution in [3.05, 3.63) is 70.4 Å². The first-order chi connectivity index (χ1) is 17.1. The zero-order valence-electron chi connectivity index (χ0n) is 20.1. The number of hydrogen-bond acceptors (Lipinski definition) is 6. The minimum Gasteiger partial charge on any atom is -0.497 e. The van der Waals surface area contributed by atoms with E-state index in [4.69, 9.17) is 21.3 Å². The predicted molar refractivity (Wildman–Crippen MR) is 141 cm³/mol. The highest BCUT2D eigenvalue weighted by molar-refractivity contribution is 7.91. The SMILES string of the molecule is COc1cccc(-c2cc(C(=O)Nc3ccc(C)c(Cl)c3)c3c(C)nn(C4CCS(=O)(=O)C4)c3n2)c1. The molecule has 3 heterocycles. The van der Waals surface area contributed by atoms with Crippen molar-refractivity contribution >= 4 is 44.1 Å². The van der Waals surface area contributed by atoms with E-state index in [1.165, 1.54) is 0 Å². The number of aryl methyl sites for hydroxylation is 2. The maximum Gasteiger partial charge on any atom is 0.256 e. The normalized spacial score (nSPS) is 16.8. The van der Waals surface area contributed by atoms with Crippen LogP contribution in [0, 0.1) is 13.8 Å². The number of sulfone groups is 1. The fraction of sp³-hybridized carbons (Fsp3) is 0.269.